The van der Waals surface area contributed by atoms with Crippen molar-refractivity contribution in [3.8, 4) is 45.3 Å². The molecular weight excluding hydrogens is 384 g/mol. The van der Waals surface area contributed by atoms with Crippen molar-refractivity contribution in [2.24, 2.45) is 0 Å². The molecule has 0 aliphatic heterocycles. The number of hydrogen-bond donors (Lipinski definition) is 1. The van der Waals surface area contributed by atoms with Crippen LogP contribution in [0.1, 0.15) is 19.8 Å². The van der Waals surface area contributed by atoms with Gasteiger partial charge in [-0.05, 0) is 65.6 Å². The molecule has 0 aromatic heterocycles. The van der Waals surface area contributed by atoms with Crippen LogP contribution in [-0.2, 0) is 0 Å². The van der Waals surface area contributed by atoms with E-state index in [1.807, 2.05) is 72.8 Å². The number of ether oxygens (including phenoxy) is 2. The predicted molar refractivity (Wildman–Crippen MR) is 126 cm³/mol. The minimum absolute atomic E-state index is 0.185. The third-order valence-electron chi connectivity index (χ3n) is 5.04. The molecule has 0 aliphatic carbocycles. The van der Waals surface area contributed by atoms with Crippen LogP contribution in [0.15, 0.2) is 97.1 Å². The summed E-state index contributed by atoms with van der Waals surface area (Å²) in [5.74, 6) is 2.34. The molecule has 4 rings (SSSR count). The molecule has 31 heavy (non-hydrogen) atoms. The van der Waals surface area contributed by atoms with Crippen LogP contribution in [0.5, 0.6) is 23.0 Å². The van der Waals surface area contributed by atoms with Gasteiger partial charge in [-0.25, -0.2) is 0 Å². The molecular formula is C28H26O3. The van der Waals surface area contributed by atoms with Crippen LogP contribution in [0, 0.1) is 0 Å². The topological polar surface area (TPSA) is 38.7 Å². The first-order chi connectivity index (χ1) is 15.2. The van der Waals surface area contributed by atoms with E-state index in [2.05, 4.69) is 25.1 Å². The number of benzene rings is 4. The Hall–Kier alpha value is -3.72. The lowest BCUT2D eigenvalue weighted by atomic mass is 9.98. The zero-order valence-corrected chi connectivity index (χ0v) is 17.6. The van der Waals surface area contributed by atoms with Crippen LogP contribution in [0.2, 0.25) is 0 Å². The van der Waals surface area contributed by atoms with Crippen molar-refractivity contribution < 1.29 is 14.6 Å². The molecule has 4 aromatic carbocycles. The Morgan fingerprint density at radius 3 is 2.06 bits per heavy atom. The quantitative estimate of drug-likeness (QED) is 0.303. The Morgan fingerprint density at radius 1 is 0.645 bits per heavy atom. The number of phenols is 1. The van der Waals surface area contributed by atoms with Gasteiger partial charge in [-0.3, -0.25) is 0 Å². The number of phenolic OH excluding ortho intramolecular Hbond substituents is 1. The molecule has 0 fully saturated rings. The largest absolute Gasteiger partial charge is 0.507 e. The summed E-state index contributed by atoms with van der Waals surface area (Å²) in [4.78, 5) is 0. The predicted octanol–water partition coefficient (Wildman–Crippen LogP) is 7.70. The smallest absolute Gasteiger partial charge is 0.128 e. The van der Waals surface area contributed by atoms with Crippen LogP contribution in [0.3, 0.4) is 0 Å². The van der Waals surface area contributed by atoms with Gasteiger partial charge in [0, 0.05) is 11.6 Å². The van der Waals surface area contributed by atoms with Gasteiger partial charge in [-0.15, -0.1) is 0 Å². The minimum Gasteiger partial charge on any atom is -0.507 e. The van der Waals surface area contributed by atoms with Crippen LogP contribution in [0.25, 0.3) is 22.3 Å². The maximum atomic E-state index is 10.7. The van der Waals surface area contributed by atoms with E-state index in [1.54, 1.807) is 6.07 Å². The third-order valence-corrected chi connectivity index (χ3v) is 5.04. The van der Waals surface area contributed by atoms with E-state index in [1.165, 1.54) is 0 Å². The highest BCUT2D eigenvalue weighted by atomic mass is 16.5. The first-order valence-electron chi connectivity index (χ1n) is 10.6. The maximum Gasteiger partial charge on any atom is 0.128 e. The molecule has 0 saturated heterocycles. The summed E-state index contributed by atoms with van der Waals surface area (Å²) in [5.41, 5.74) is 3.72. The molecule has 0 bridgehead atoms. The highest BCUT2D eigenvalue weighted by molar-refractivity contribution is 5.78. The van der Waals surface area contributed by atoms with Crippen LogP contribution >= 0.6 is 0 Å². The molecule has 4 aromatic rings. The summed E-state index contributed by atoms with van der Waals surface area (Å²) >= 11 is 0. The van der Waals surface area contributed by atoms with Crippen molar-refractivity contribution in [2.75, 3.05) is 6.61 Å². The van der Waals surface area contributed by atoms with Gasteiger partial charge in [0.1, 0.15) is 23.0 Å². The van der Waals surface area contributed by atoms with Crippen molar-refractivity contribution >= 4 is 0 Å². The number of rotatable bonds is 8. The summed E-state index contributed by atoms with van der Waals surface area (Å²) < 4.78 is 11.9. The molecule has 3 heteroatoms. The molecule has 0 amide bonds. The Bertz CT molecular complexity index is 1120. The van der Waals surface area contributed by atoms with E-state index in [9.17, 15) is 5.11 Å². The molecule has 0 aliphatic rings. The minimum atomic E-state index is 0.185. The van der Waals surface area contributed by atoms with Gasteiger partial charge in [0.15, 0.2) is 0 Å². The van der Waals surface area contributed by atoms with Crippen molar-refractivity contribution in [1.82, 2.24) is 0 Å². The molecule has 3 nitrogen and oxygen atoms in total. The third kappa shape index (κ3) is 5.26. The second kappa shape index (κ2) is 9.86. The fourth-order valence-corrected chi connectivity index (χ4v) is 3.42. The Balaban J connectivity index is 1.72. The van der Waals surface area contributed by atoms with Crippen LogP contribution in [0.4, 0.5) is 0 Å². The van der Waals surface area contributed by atoms with Gasteiger partial charge in [-0.1, -0.05) is 61.9 Å². The highest BCUT2D eigenvalue weighted by Gasteiger charge is 2.11. The molecule has 156 valence electrons. The lowest BCUT2D eigenvalue weighted by Crippen LogP contribution is -1.96. The zero-order chi connectivity index (χ0) is 21.5. The molecule has 0 atom stereocenters. The average Bonchev–Trinajstić information content (AvgIpc) is 2.80. The van der Waals surface area contributed by atoms with Gasteiger partial charge in [-0.2, -0.15) is 0 Å². The number of hydrogen-bond acceptors (Lipinski definition) is 3. The van der Waals surface area contributed by atoms with Gasteiger partial charge < -0.3 is 14.6 Å². The normalized spacial score (nSPS) is 10.6. The summed E-state index contributed by atoms with van der Waals surface area (Å²) in [7, 11) is 0. The molecule has 1 N–H and O–H groups in total. The molecule has 0 heterocycles. The Labute approximate surface area is 183 Å². The number of aromatic hydroxyl groups is 1. The lowest BCUT2D eigenvalue weighted by Gasteiger charge is -2.14. The first kappa shape index (κ1) is 20.5. The highest BCUT2D eigenvalue weighted by Crippen LogP contribution is 2.38. The van der Waals surface area contributed by atoms with E-state index < -0.39 is 0 Å². The van der Waals surface area contributed by atoms with Crippen LogP contribution in [-0.4, -0.2) is 11.7 Å². The fourth-order valence-electron chi connectivity index (χ4n) is 3.42. The van der Waals surface area contributed by atoms with Gasteiger partial charge >= 0.3 is 0 Å². The van der Waals surface area contributed by atoms with Crippen molar-refractivity contribution in [1.29, 1.82) is 0 Å². The van der Waals surface area contributed by atoms with Gasteiger partial charge in [0.2, 0.25) is 0 Å². The van der Waals surface area contributed by atoms with E-state index in [4.69, 9.17) is 9.47 Å². The van der Waals surface area contributed by atoms with E-state index >= 15 is 0 Å². The van der Waals surface area contributed by atoms with E-state index in [0.717, 1.165) is 40.8 Å². The van der Waals surface area contributed by atoms with Gasteiger partial charge in [0.05, 0.1) is 6.61 Å². The van der Waals surface area contributed by atoms with Crippen molar-refractivity contribution in [2.45, 2.75) is 19.8 Å². The number of para-hydroxylation sites is 1. The number of unbranched alkanes of at least 4 members (excludes halogenated alkanes) is 1. The Kier molecular flexibility index (Phi) is 6.53. The van der Waals surface area contributed by atoms with Crippen LogP contribution < -0.4 is 9.47 Å². The lowest BCUT2D eigenvalue weighted by molar-refractivity contribution is 0.308. The van der Waals surface area contributed by atoms with Crippen molar-refractivity contribution in [3.05, 3.63) is 97.1 Å². The summed E-state index contributed by atoms with van der Waals surface area (Å²) in [5, 5.41) is 10.7. The summed E-state index contributed by atoms with van der Waals surface area (Å²) in [6, 6.07) is 31.4. The Morgan fingerprint density at radius 2 is 1.35 bits per heavy atom. The monoisotopic (exact) mass is 410 g/mol. The van der Waals surface area contributed by atoms with Crippen molar-refractivity contribution in [3.63, 3.8) is 0 Å². The maximum absolute atomic E-state index is 10.7. The van der Waals surface area contributed by atoms with E-state index in [0.29, 0.717) is 18.1 Å². The second-order valence-corrected chi connectivity index (χ2v) is 7.41. The van der Waals surface area contributed by atoms with Gasteiger partial charge in [0.25, 0.3) is 0 Å². The standard InChI is InChI=1S/C28H26O3/c1-2-3-16-30-25-14-15-27(28(29)20-25)23-17-22(21-10-6-4-7-11-21)18-26(19-23)31-24-12-8-5-9-13-24/h4-15,17-20,29H,2-3,16H2,1H3. The SMILES string of the molecule is CCCCOc1ccc(-c2cc(Oc3ccccc3)cc(-c3ccccc3)c2)c(O)c1. The molecule has 0 unspecified atom stereocenters. The summed E-state index contributed by atoms with van der Waals surface area (Å²) in [6.45, 7) is 2.77. The molecule has 0 saturated carbocycles. The summed E-state index contributed by atoms with van der Waals surface area (Å²) in [6.07, 6.45) is 2.06. The molecule has 0 spiro atoms. The first-order valence-corrected chi connectivity index (χ1v) is 10.6. The van der Waals surface area contributed by atoms with E-state index in [-0.39, 0.29) is 5.75 Å². The average molecular weight is 411 g/mol. The zero-order valence-electron chi connectivity index (χ0n) is 17.6. The fraction of sp³-hybridized carbons (Fsp3) is 0.143. The molecule has 0 radical (unpaired) electrons. The second-order valence-electron chi connectivity index (χ2n) is 7.41.